The third-order valence-corrected chi connectivity index (χ3v) is 3.75. The second-order valence-corrected chi connectivity index (χ2v) is 5.58. The minimum atomic E-state index is -1.13. The predicted molar refractivity (Wildman–Crippen MR) is 83.7 cm³/mol. The molecule has 1 aromatic carbocycles. The van der Waals surface area contributed by atoms with E-state index < -0.39 is 5.97 Å². The monoisotopic (exact) mass is 307 g/mol. The van der Waals surface area contributed by atoms with E-state index in [0.29, 0.717) is 28.6 Å². The maximum absolute atomic E-state index is 13.9. The van der Waals surface area contributed by atoms with Gasteiger partial charge in [-0.05, 0) is 45.0 Å². The van der Waals surface area contributed by atoms with Crippen LogP contribution < -0.4 is 0 Å². The fourth-order valence-electron chi connectivity index (χ4n) is 2.81. The summed E-state index contributed by atoms with van der Waals surface area (Å²) in [6, 6.07) is 2.78. The van der Waals surface area contributed by atoms with Crippen molar-refractivity contribution < 1.29 is 18.7 Å². The molecule has 0 aliphatic rings. The molecule has 2 rings (SSSR count). The molecule has 2 aromatic rings. The van der Waals surface area contributed by atoms with Gasteiger partial charge in [-0.15, -0.1) is 0 Å². The summed E-state index contributed by atoms with van der Waals surface area (Å²) in [6.45, 7) is 8.23. The van der Waals surface area contributed by atoms with E-state index >= 15 is 0 Å². The second kappa shape index (κ2) is 6.92. The molecule has 1 N–H and O–H groups in total. The van der Waals surface area contributed by atoms with E-state index in [4.69, 9.17) is 4.42 Å². The van der Waals surface area contributed by atoms with Gasteiger partial charge < -0.3 is 9.52 Å². The number of carbonyl (C=O) groups is 1. The number of carboxylic acid groups (broad SMARTS) is 1. The van der Waals surface area contributed by atoms with Crippen molar-refractivity contribution in [1.82, 2.24) is 4.90 Å². The average Bonchev–Trinajstić information content (AvgIpc) is 2.77. The third-order valence-electron chi connectivity index (χ3n) is 3.75. The van der Waals surface area contributed by atoms with Gasteiger partial charge in [-0.3, -0.25) is 4.90 Å². The molecule has 1 heterocycles. The summed E-state index contributed by atoms with van der Waals surface area (Å²) in [4.78, 5) is 13.4. The molecule has 0 spiro atoms. The maximum Gasteiger partial charge on any atom is 0.372 e. The number of aryl methyl sites for hydroxylation is 1. The van der Waals surface area contributed by atoms with Crippen molar-refractivity contribution in [2.75, 3.05) is 13.1 Å². The smallest absolute Gasteiger partial charge is 0.372 e. The minimum absolute atomic E-state index is 0.112. The van der Waals surface area contributed by atoms with Crippen molar-refractivity contribution in [2.24, 2.45) is 0 Å². The molecule has 0 saturated heterocycles. The van der Waals surface area contributed by atoms with Gasteiger partial charge in [0.05, 0.1) is 0 Å². The van der Waals surface area contributed by atoms with E-state index in [1.807, 2.05) is 0 Å². The van der Waals surface area contributed by atoms with Crippen LogP contribution in [0.5, 0.6) is 0 Å². The first kappa shape index (κ1) is 16.5. The molecule has 4 nitrogen and oxygen atoms in total. The Kier molecular flexibility index (Phi) is 5.19. The summed E-state index contributed by atoms with van der Waals surface area (Å²) in [5, 5.41) is 9.72. The fraction of sp³-hybridized carbons (Fsp3) is 0.471. The summed E-state index contributed by atoms with van der Waals surface area (Å²) in [7, 11) is 0. The lowest BCUT2D eigenvalue weighted by Crippen LogP contribution is -2.25. The molecular formula is C17H22FNO3. The number of fused-ring (bicyclic) bond motifs is 1. The van der Waals surface area contributed by atoms with Crippen LogP contribution in [0, 0.1) is 12.7 Å². The van der Waals surface area contributed by atoms with E-state index in [9.17, 15) is 14.3 Å². The Morgan fingerprint density at radius 3 is 2.45 bits per heavy atom. The number of furan rings is 1. The highest BCUT2D eigenvalue weighted by Crippen LogP contribution is 2.30. The largest absolute Gasteiger partial charge is 0.475 e. The molecule has 0 aliphatic carbocycles. The highest BCUT2D eigenvalue weighted by atomic mass is 19.1. The van der Waals surface area contributed by atoms with Gasteiger partial charge in [0.25, 0.3) is 0 Å². The van der Waals surface area contributed by atoms with Gasteiger partial charge in [-0.1, -0.05) is 13.8 Å². The summed E-state index contributed by atoms with van der Waals surface area (Å²) in [6.07, 6.45) is 2.02. The molecule has 120 valence electrons. The molecule has 0 fully saturated rings. The normalized spacial score (nSPS) is 11.5. The molecule has 0 unspecified atom stereocenters. The Hall–Kier alpha value is -1.88. The number of aromatic carboxylic acids is 1. The maximum atomic E-state index is 13.9. The average molecular weight is 307 g/mol. The van der Waals surface area contributed by atoms with Crippen LogP contribution in [0.4, 0.5) is 4.39 Å². The Balaban J connectivity index is 2.48. The molecule has 22 heavy (non-hydrogen) atoms. The van der Waals surface area contributed by atoms with Gasteiger partial charge >= 0.3 is 5.97 Å². The molecule has 0 atom stereocenters. The van der Waals surface area contributed by atoms with Crippen molar-refractivity contribution in [3.63, 3.8) is 0 Å². The van der Waals surface area contributed by atoms with Crippen LogP contribution in [0.15, 0.2) is 16.5 Å². The number of hydrogen-bond acceptors (Lipinski definition) is 3. The van der Waals surface area contributed by atoms with Crippen molar-refractivity contribution in [3.8, 4) is 0 Å². The lowest BCUT2D eigenvalue weighted by Gasteiger charge is -2.21. The number of carboxylic acids is 1. The van der Waals surface area contributed by atoms with E-state index in [1.165, 1.54) is 12.1 Å². The highest BCUT2D eigenvalue weighted by Gasteiger charge is 2.20. The SMILES string of the molecule is CCCN(CCC)Cc1cc(F)cc2c(C)c(C(=O)O)oc12. The number of benzene rings is 1. The molecule has 0 aliphatic heterocycles. The van der Waals surface area contributed by atoms with Gasteiger partial charge in [0.15, 0.2) is 0 Å². The Morgan fingerprint density at radius 2 is 1.91 bits per heavy atom. The summed E-state index contributed by atoms with van der Waals surface area (Å²) < 4.78 is 19.4. The van der Waals surface area contributed by atoms with Gasteiger partial charge in [-0.2, -0.15) is 0 Å². The minimum Gasteiger partial charge on any atom is -0.475 e. The van der Waals surface area contributed by atoms with Crippen molar-refractivity contribution in [1.29, 1.82) is 0 Å². The van der Waals surface area contributed by atoms with Crippen molar-refractivity contribution in [3.05, 3.63) is 34.8 Å². The first-order chi connectivity index (χ1) is 10.5. The molecular weight excluding hydrogens is 285 g/mol. The Morgan fingerprint density at radius 1 is 1.27 bits per heavy atom. The first-order valence-corrected chi connectivity index (χ1v) is 7.65. The summed E-state index contributed by atoms with van der Waals surface area (Å²) >= 11 is 0. The van der Waals surface area contributed by atoms with E-state index in [0.717, 1.165) is 25.9 Å². The second-order valence-electron chi connectivity index (χ2n) is 5.58. The van der Waals surface area contributed by atoms with Gasteiger partial charge in [0.1, 0.15) is 11.4 Å². The molecule has 0 saturated carbocycles. The lowest BCUT2D eigenvalue weighted by molar-refractivity contribution is 0.0664. The van der Waals surface area contributed by atoms with Crippen LogP contribution in [0.1, 0.15) is 48.4 Å². The van der Waals surface area contributed by atoms with Crippen LogP contribution in [0.2, 0.25) is 0 Å². The summed E-state index contributed by atoms with van der Waals surface area (Å²) in [5.74, 6) is -1.60. The zero-order chi connectivity index (χ0) is 16.3. The number of rotatable bonds is 7. The summed E-state index contributed by atoms with van der Waals surface area (Å²) in [5.41, 5.74) is 1.65. The molecule has 5 heteroatoms. The zero-order valence-corrected chi connectivity index (χ0v) is 13.3. The predicted octanol–water partition coefficient (Wildman–Crippen LogP) is 4.20. The number of nitrogens with zero attached hydrogens (tertiary/aromatic N) is 1. The third kappa shape index (κ3) is 3.30. The lowest BCUT2D eigenvalue weighted by atomic mass is 10.1. The van der Waals surface area contributed by atoms with E-state index in [1.54, 1.807) is 6.92 Å². The topological polar surface area (TPSA) is 53.7 Å². The van der Waals surface area contributed by atoms with Gasteiger partial charge in [0.2, 0.25) is 5.76 Å². The number of halogens is 1. The van der Waals surface area contributed by atoms with E-state index in [2.05, 4.69) is 18.7 Å². The van der Waals surface area contributed by atoms with Gasteiger partial charge in [-0.25, -0.2) is 9.18 Å². The molecule has 0 bridgehead atoms. The van der Waals surface area contributed by atoms with Crippen LogP contribution in [0.3, 0.4) is 0 Å². The van der Waals surface area contributed by atoms with Gasteiger partial charge in [0, 0.05) is 23.1 Å². The van der Waals surface area contributed by atoms with Crippen molar-refractivity contribution in [2.45, 2.75) is 40.2 Å². The fourth-order valence-corrected chi connectivity index (χ4v) is 2.81. The van der Waals surface area contributed by atoms with Crippen LogP contribution >= 0.6 is 0 Å². The molecule has 0 radical (unpaired) electrons. The number of hydrogen-bond donors (Lipinski definition) is 1. The Labute approximate surface area is 129 Å². The molecule has 0 amide bonds. The van der Waals surface area contributed by atoms with E-state index in [-0.39, 0.29) is 11.6 Å². The quantitative estimate of drug-likeness (QED) is 0.833. The Bertz CT molecular complexity index is 672. The highest BCUT2D eigenvalue weighted by molar-refractivity contribution is 5.95. The van der Waals surface area contributed by atoms with Crippen molar-refractivity contribution >= 4 is 16.9 Å². The molecule has 1 aromatic heterocycles. The van der Waals surface area contributed by atoms with Crippen LogP contribution in [-0.2, 0) is 6.54 Å². The van der Waals surface area contributed by atoms with Crippen LogP contribution in [0.25, 0.3) is 11.0 Å². The zero-order valence-electron chi connectivity index (χ0n) is 13.3. The standard InChI is InChI=1S/C17H22FNO3/c1-4-6-19(7-5-2)10-12-8-13(18)9-14-11(3)15(17(20)21)22-16(12)14/h8-9H,4-7,10H2,1-3H3,(H,20,21). The first-order valence-electron chi connectivity index (χ1n) is 7.65. The van der Waals surface area contributed by atoms with Crippen LogP contribution in [-0.4, -0.2) is 29.1 Å².